The highest BCUT2D eigenvalue weighted by Crippen LogP contribution is 2.24. The number of aryl methyl sites for hydroxylation is 1. The Morgan fingerprint density at radius 3 is 2.48 bits per heavy atom. The molecule has 1 aromatic rings. The van der Waals surface area contributed by atoms with Gasteiger partial charge >= 0.3 is 0 Å². The van der Waals surface area contributed by atoms with E-state index in [4.69, 9.17) is 4.99 Å². The highest BCUT2D eigenvalue weighted by molar-refractivity contribution is 6.10. The second-order valence-electron chi connectivity index (χ2n) is 7.59. The molecule has 4 heteroatoms. The van der Waals surface area contributed by atoms with Gasteiger partial charge in [0.05, 0.1) is 18.4 Å². The second kappa shape index (κ2) is 15.1. The maximum absolute atomic E-state index is 4.77. The fraction of sp³-hybridized carbons (Fsp3) is 0.407. The van der Waals surface area contributed by atoms with Crippen molar-refractivity contribution in [3.05, 3.63) is 84.2 Å². The lowest BCUT2D eigenvalue weighted by Crippen LogP contribution is -2.28. The first-order valence-electron chi connectivity index (χ1n) is 11.2. The van der Waals surface area contributed by atoms with Crippen LogP contribution in [0.15, 0.2) is 83.1 Å². The van der Waals surface area contributed by atoms with E-state index >= 15 is 0 Å². The number of nitrogens with zero attached hydrogens (tertiary/aromatic N) is 3. The van der Waals surface area contributed by atoms with Crippen LogP contribution in [-0.4, -0.2) is 37.1 Å². The highest BCUT2D eigenvalue weighted by atomic mass is 15.1. The smallest absolute Gasteiger partial charge is 0.0894 e. The molecule has 1 aromatic carbocycles. The zero-order valence-corrected chi connectivity index (χ0v) is 20.0. The minimum Gasteiger partial charge on any atom is -0.373 e. The molecule has 0 radical (unpaired) electrons. The number of benzene rings is 1. The number of hydrogen-bond donors (Lipinski definition) is 1. The van der Waals surface area contributed by atoms with Gasteiger partial charge in [-0.15, -0.1) is 0 Å². The molecule has 0 aliphatic carbocycles. The van der Waals surface area contributed by atoms with E-state index in [-0.39, 0.29) is 0 Å². The molecule has 0 saturated carbocycles. The zero-order valence-electron chi connectivity index (χ0n) is 20.0. The van der Waals surface area contributed by atoms with Gasteiger partial charge in [-0.25, -0.2) is 0 Å². The minimum atomic E-state index is 0.309. The zero-order chi connectivity index (χ0) is 23.1. The van der Waals surface area contributed by atoms with Crippen LogP contribution in [0.4, 0.5) is 0 Å². The van der Waals surface area contributed by atoms with Gasteiger partial charge in [-0.3, -0.25) is 15.3 Å². The van der Waals surface area contributed by atoms with Gasteiger partial charge in [-0.05, 0) is 56.8 Å². The Hall–Kier alpha value is -2.72. The number of aliphatic imine (C=N–C) groups is 2. The Morgan fingerprint density at radius 1 is 1.16 bits per heavy atom. The highest BCUT2D eigenvalue weighted by Gasteiger charge is 2.12. The van der Waals surface area contributed by atoms with Crippen molar-refractivity contribution < 1.29 is 0 Å². The van der Waals surface area contributed by atoms with E-state index in [9.17, 15) is 0 Å². The van der Waals surface area contributed by atoms with Crippen LogP contribution in [0.3, 0.4) is 0 Å². The third kappa shape index (κ3) is 9.31. The summed E-state index contributed by atoms with van der Waals surface area (Å²) in [6.45, 7) is 16.7. The van der Waals surface area contributed by atoms with Crippen LogP contribution < -0.4 is 5.32 Å². The van der Waals surface area contributed by atoms with Crippen LogP contribution in [0, 0.1) is 6.92 Å². The van der Waals surface area contributed by atoms with Crippen LogP contribution in [0.2, 0.25) is 0 Å². The predicted molar refractivity (Wildman–Crippen MR) is 138 cm³/mol. The molecule has 0 saturated heterocycles. The van der Waals surface area contributed by atoms with Gasteiger partial charge in [-0.2, -0.15) is 0 Å². The number of nitrogens with one attached hydrogen (secondary N) is 1. The first-order valence-corrected chi connectivity index (χ1v) is 11.2. The first kappa shape index (κ1) is 26.3. The molecule has 31 heavy (non-hydrogen) atoms. The molecule has 0 aliphatic heterocycles. The predicted octanol–water partition coefficient (Wildman–Crippen LogP) is 6.40. The van der Waals surface area contributed by atoms with Crippen molar-refractivity contribution >= 4 is 12.4 Å². The van der Waals surface area contributed by atoms with Crippen LogP contribution in [0.1, 0.15) is 57.2 Å². The monoisotopic (exact) mass is 420 g/mol. The third-order valence-corrected chi connectivity index (χ3v) is 5.34. The molecule has 0 fully saturated rings. The topological polar surface area (TPSA) is 40.0 Å². The number of rotatable bonds is 14. The molecule has 1 rings (SSSR count). The summed E-state index contributed by atoms with van der Waals surface area (Å²) in [7, 11) is 2.12. The van der Waals surface area contributed by atoms with Gasteiger partial charge < -0.3 is 4.90 Å². The molecule has 0 aliphatic rings. The summed E-state index contributed by atoms with van der Waals surface area (Å²) in [5.74, 6) is 0. The van der Waals surface area contributed by atoms with Crippen LogP contribution in [0.5, 0.6) is 0 Å². The van der Waals surface area contributed by atoms with Gasteiger partial charge in [0.25, 0.3) is 0 Å². The van der Waals surface area contributed by atoms with Gasteiger partial charge in [0.1, 0.15) is 0 Å². The van der Waals surface area contributed by atoms with E-state index < -0.39 is 0 Å². The molecule has 0 spiro atoms. The van der Waals surface area contributed by atoms with Crippen molar-refractivity contribution in [2.75, 3.05) is 13.7 Å². The molecule has 168 valence electrons. The van der Waals surface area contributed by atoms with Crippen molar-refractivity contribution in [1.82, 2.24) is 10.2 Å². The lowest BCUT2D eigenvalue weighted by atomic mass is 10.0. The average molecular weight is 421 g/mol. The quantitative estimate of drug-likeness (QED) is 0.280. The molecule has 1 atom stereocenters. The van der Waals surface area contributed by atoms with E-state index in [1.54, 1.807) is 12.3 Å². The van der Waals surface area contributed by atoms with Crippen LogP contribution in [0.25, 0.3) is 0 Å². The fourth-order valence-corrected chi connectivity index (χ4v) is 3.49. The minimum absolute atomic E-state index is 0.309. The molecule has 0 aromatic heterocycles. The Bertz CT molecular complexity index is 797. The summed E-state index contributed by atoms with van der Waals surface area (Å²) in [4.78, 5) is 10.9. The normalized spacial score (nSPS) is 13.9. The molecule has 0 amide bonds. The second-order valence-corrected chi connectivity index (χ2v) is 7.59. The van der Waals surface area contributed by atoms with Crippen molar-refractivity contribution in [2.24, 2.45) is 9.98 Å². The average Bonchev–Trinajstić information content (AvgIpc) is 2.77. The molecule has 1 N–H and O–H groups in total. The molecule has 0 heterocycles. The standard InChI is InChI=1S/C27H40N4/c1-8-13-23(26(16-18-28-6)30-21-29-25(9-2)10-3)17-19-31(7)27(11-4)24-15-12-14-22(5)20-24/h8,12-20,25,27,29H,1,6,9-11,21H2,2-5,7H3/b18-16-,19-17-,23-13+,30-26?. The molecular formula is C27H40N4. The van der Waals surface area contributed by atoms with Crippen molar-refractivity contribution in [1.29, 1.82) is 0 Å². The van der Waals surface area contributed by atoms with Crippen LogP contribution in [-0.2, 0) is 0 Å². The van der Waals surface area contributed by atoms with Gasteiger partial charge in [0.15, 0.2) is 0 Å². The Balaban J connectivity index is 3.10. The fourth-order valence-electron chi connectivity index (χ4n) is 3.49. The van der Waals surface area contributed by atoms with Crippen molar-refractivity contribution in [3.63, 3.8) is 0 Å². The van der Waals surface area contributed by atoms with Crippen molar-refractivity contribution in [3.8, 4) is 0 Å². The lowest BCUT2D eigenvalue weighted by molar-refractivity contribution is 0.328. The summed E-state index contributed by atoms with van der Waals surface area (Å²) in [5, 5.41) is 3.49. The molecular weight excluding hydrogens is 380 g/mol. The van der Waals surface area contributed by atoms with E-state index in [1.807, 2.05) is 12.2 Å². The maximum atomic E-state index is 4.77. The van der Waals surface area contributed by atoms with E-state index in [0.717, 1.165) is 30.5 Å². The van der Waals surface area contributed by atoms with E-state index in [2.05, 4.69) is 99.8 Å². The summed E-state index contributed by atoms with van der Waals surface area (Å²) in [5.41, 5.74) is 4.43. The Kier molecular flexibility index (Phi) is 12.8. The maximum Gasteiger partial charge on any atom is 0.0894 e. The molecule has 0 bridgehead atoms. The summed E-state index contributed by atoms with van der Waals surface area (Å²) < 4.78 is 0. The molecule has 4 nitrogen and oxygen atoms in total. The van der Waals surface area contributed by atoms with Gasteiger partial charge in [0, 0.05) is 24.9 Å². The Labute approximate surface area is 189 Å². The first-order chi connectivity index (χ1) is 15.0. The number of allylic oxidation sites excluding steroid dienone is 5. The summed E-state index contributed by atoms with van der Waals surface area (Å²) >= 11 is 0. The Morgan fingerprint density at radius 2 is 1.90 bits per heavy atom. The third-order valence-electron chi connectivity index (χ3n) is 5.34. The van der Waals surface area contributed by atoms with Crippen LogP contribution >= 0.6 is 0 Å². The molecule has 1 unspecified atom stereocenters. The summed E-state index contributed by atoms with van der Waals surface area (Å²) in [6, 6.07) is 9.49. The SMILES string of the molecule is C=C/C=C(\C=C/N(C)C(CC)c1cccc(C)c1)C(/C=C\N=C)=NCNC(CC)CC. The van der Waals surface area contributed by atoms with Gasteiger partial charge in [0.2, 0.25) is 0 Å². The summed E-state index contributed by atoms with van der Waals surface area (Å²) in [6.07, 6.45) is 14.7. The van der Waals surface area contributed by atoms with Gasteiger partial charge in [-0.1, -0.05) is 69.3 Å². The van der Waals surface area contributed by atoms with E-state index in [1.165, 1.54) is 11.1 Å². The lowest BCUT2D eigenvalue weighted by Gasteiger charge is -2.26. The number of hydrogen-bond acceptors (Lipinski definition) is 4. The van der Waals surface area contributed by atoms with Crippen molar-refractivity contribution in [2.45, 2.75) is 59.0 Å². The largest absolute Gasteiger partial charge is 0.373 e. The van der Waals surface area contributed by atoms with E-state index in [0.29, 0.717) is 18.8 Å².